The zero-order valence-corrected chi connectivity index (χ0v) is 11.6. The summed E-state index contributed by atoms with van der Waals surface area (Å²) >= 11 is 5.95. The van der Waals surface area contributed by atoms with Crippen molar-refractivity contribution in [3.05, 3.63) is 17.3 Å². The highest BCUT2D eigenvalue weighted by atomic mass is 35.5. The fourth-order valence-electron chi connectivity index (χ4n) is 1.21. The SMILES string of the molecule is CCNc1ncc(S(=O)(=O)N(C)CC)cc1Cl. The van der Waals surface area contributed by atoms with Gasteiger partial charge in [-0.15, -0.1) is 0 Å². The van der Waals surface area contributed by atoms with Crippen LogP contribution in [0, 0.1) is 0 Å². The number of sulfonamides is 1. The van der Waals surface area contributed by atoms with Gasteiger partial charge in [-0.1, -0.05) is 18.5 Å². The van der Waals surface area contributed by atoms with Crippen molar-refractivity contribution in [2.45, 2.75) is 18.7 Å². The summed E-state index contributed by atoms with van der Waals surface area (Å²) in [5, 5.41) is 3.25. The summed E-state index contributed by atoms with van der Waals surface area (Å²) < 4.78 is 25.2. The summed E-state index contributed by atoms with van der Waals surface area (Å²) in [5.41, 5.74) is 0. The molecule has 96 valence electrons. The van der Waals surface area contributed by atoms with Crippen molar-refractivity contribution < 1.29 is 8.42 Å². The summed E-state index contributed by atoms with van der Waals surface area (Å²) in [6, 6.07) is 1.41. The second-order valence-corrected chi connectivity index (χ2v) is 5.90. The van der Waals surface area contributed by atoms with Crippen molar-refractivity contribution in [1.82, 2.24) is 9.29 Å². The summed E-state index contributed by atoms with van der Waals surface area (Å²) in [5.74, 6) is 0.493. The lowest BCUT2D eigenvalue weighted by molar-refractivity contribution is 0.486. The quantitative estimate of drug-likeness (QED) is 0.892. The lowest BCUT2D eigenvalue weighted by Gasteiger charge is -2.15. The first kappa shape index (κ1) is 14.2. The molecule has 1 N–H and O–H groups in total. The Bertz CT molecular complexity index is 490. The number of nitrogens with one attached hydrogen (secondary N) is 1. The normalized spacial score (nSPS) is 11.8. The number of hydrogen-bond acceptors (Lipinski definition) is 4. The van der Waals surface area contributed by atoms with Crippen LogP contribution in [0.25, 0.3) is 0 Å². The largest absolute Gasteiger partial charge is 0.369 e. The number of nitrogens with zero attached hydrogens (tertiary/aromatic N) is 2. The molecular weight excluding hydrogens is 262 g/mol. The zero-order valence-electron chi connectivity index (χ0n) is 10.1. The molecule has 1 aromatic heterocycles. The molecule has 0 fully saturated rings. The van der Waals surface area contributed by atoms with Crippen molar-refractivity contribution in [3.63, 3.8) is 0 Å². The molecule has 1 heterocycles. The summed E-state index contributed by atoms with van der Waals surface area (Å²) in [7, 11) is -1.97. The van der Waals surface area contributed by atoms with Gasteiger partial charge in [-0.3, -0.25) is 0 Å². The topological polar surface area (TPSA) is 62.3 Å². The first-order valence-corrected chi connectivity index (χ1v) is 7.11. The molecule has 0 unspecified atom stereocenters. The minimum atomic E-state index is -3.48. The predicted molar refractivity (Wildman–Crippen MR) is 68.9 cm³/mol. The van der Waals surface area contributed by atoms with Crippen molar-refractivity contribution >= 4 is 27.4 Å². The fraction of sp³-hybridized carbons (Fsp3) is 0.500. The molecule has 0 amide bonds. The van der Waals surface area contributed by atoms with Crippen LogP contribution in [0.15, 0.2) is 17.2 Å². The van der Waals surface area contributed by atoms with E-state index in [1.807, 2.05) is 6.92 Å². The molecule has 0 aliphatic heterocycles. The molecule has 1 rings (SSSR count). The van der Waals surface area contributed by atoms with E-state index in [1.54, 1.807) is 6.92 Å². The van der Waals surface area contributed by atoms with Gasteiger partial charge < -0.3 is 5.32 Å². The van der Waals surface area contributed by atoms with Gasteiger partial charge in [0.25, 0.3) is 0 Å². The van der Waals surface area contributed by atoms with Gasteiger partial charge in [0.05, 0.1) is 5.02 Å². The third kappa shape index (κ3) is 3.08. The molecule has 0 saturated heterocycles. The van der Waals surface area contributed by atoms with E-state index in [1.165, 1.54) is 23.6 Å². The van der Waals surface area contributed by atoms with Crippen LogP contribution >= 0.6 is 11.6 Å². The summed E-state index contributed by atoms with van der Waals surface area (Å²) in [6.07, 6.45) is 1.31. The number of pyridine rings is 1. The minimum Gasteiger partial charge on any atom is -0.369 e. The van der Waals surface area contributed by atoms with E-state index >= 15 is 0 Å². The zero-order chi connectivity index (χ0) is 13.1. The third-order valence-electron chi connectivity index (χ3n) is 2.31. The maximum absolute atomic E-state index is 12.0. The molecule has 0 spiro atoms. The number of aromatic nitrogens is 1. The highest BCUT2D eigenvalue weighted by molar-refractivity contribution is 7.89. The van der Waals surface area contributed by atoms with Crippen LogP contribution in [0.1, 0.15) is 13.8 Å². The average molecular weight is 278 g/mol. The lowest BCUT2D eigenvalue weighted by atomic mass is 10.4. The molecule has 0 bridgehead atoms. The van der Waals surface area contributed by atoms with Gasteiger partial charge in [0.15, 0.2) is 0 Å². The van der Waals surface area contributed by atoms with Crippen molar-refractivity contribution in [1.29, 1.82) is 0 Å². The average Bonchev–Trinajstić information content (AvgIpc) is 2.30. The molecular formula is C10H16ClN3O2S. The summed E-state index contributed by atoms with van der Waals surface area (Å²) in [6.45, 7) is 4.75. The Morgan fingerprint density at radius 3 is 2.59 bits per heavy atom. The van der Waals surface area contributed by atoms with Crippen molar-refractivity contribution in [2.24, 2.45) is 0 Å². The maximum atomic E-state index is 12.0. The standard InChI is InChI=1S/C10H16ClN3O2S/c1-4-12-10-9(11)6-8(7-13-10)17(15,16)14(3)5-2/h6-7H,4-5H2,1-3H3,(H,12,13). The highest BCUT2D eigenvalue weighted by Crippen LogP contribution is 2.23. The maximum Gasteiger partial charge on any atom is 0.244 e. The third-order valence-corrected chi connectivity index (χ3v) is 4.50. The Morgan fingerprint density at radius 1 is 1.47 bits per heavy atom. The first-order valence-electron chi connectivity index (χ1n) is 5.29. The molecule has 0 aliphatic rings. The van der Waals surface area contributed by atoms with Crippen LogP contribution < -0.4 is 5.32 Å². The van der Waals surface area contributed by atoms with Gasteiger partial charge in [0, 0.05) is 26.3 Å². The molecule has 0 aliphatic carbocycles. The molecule has 0 saturated carbocycles. The van der Waals surface area contributed by atoms with Gasteiger partial charge in [-0.25, -0.2) is 17.7 Å². The molecule has 1 aromatic rings. The van der Waals surface area contributed by atoms with Gasteiger partial charge in [-0.05, 0) is 13.0 Å². The van der Waals surface area contributed by atoms with Crippen LogP contribution in [0.5, 0.6) is 0 Å². The van der Waals surface area contributed by atoms with Crippen LogP contribution in [-0.4, -0.2) is 37.8 Å². The second kappa shape index (κ2) is 5.66. The summed E-state index contributed by atoms with van der Waals surface area (Å²) in [4.78, 5) is 4.11. The van der Waals surface area contributed by atoms with Crippen molar-refractivity contribution in [2.75, 3.05) is 25.5 Å². The van der Waals surface area contributed by atoms with E-state index < -0.39 is 10.0 Å². The van der Waals surface area contributed by atoms with Crippen LogP contribution in [0.2, 0.25) is 5.02 Å². The number of hydrogen-bond donors (Lipinski definition) is 1. The van der Waals surface area contributed by atoms with Gasteiger partial charge >= 0.3 is 0 Å². The highest BCUT2D eigenvalue weighted by Gasteiger charge is 2.20. The fourth-order valence-corrected chi connectivity index (χ4v) is 2.66. The number of anilines is 1. The number of halogens is 1. The van der Waals surface area contributed by atoms with Crippen LogP contribution in [0.3, 0.4) is 0 Å². The Kier molecular flexibility index (Phi) is 4.73. The van der Waals surface area contributed by atoms with Gasteiger partial charge in [0.1, 0.15) is 10.7 Å². The van der Waals surface area contributed by atoms with E-state index in [4.69, 9.17) is 11.6 Å². The molecule has 0 atom stereocenters. The lowest BCUT2D eigenvalue weighted by Crippen LogP contribution is -2.26. The molecule has 0 aromatic carbocycles. The van der Waals surface area contributed by atoms with E-state index in [0.717, 1.165) is 0 Å². The van der Waals surface area contributed by atoms with Crippen molar-refractivity contribution in [3.8, 4) is 0 Å². The van der Waals surface area contributed by atoms with Gasteiger partial charge in [-0.2, -0.15) is 0 Å². The molecule has 5 nitrogen and oxygen atoms in total. The minimum absolute atomic E-state index is 0.105. The first-order chi connectivity index (χ1) is 7.93. The predicted octanol–water partition coefficient (Wildman–Crippen LogP) is 1.81. The Hall–Kier alpha value is -0.850. The Labute approximate surface area is 107 Å². The Balaban J connectivity index is 3.14. The second-order valence-electron chi connectivity index (χ2n) is 3.45. The van der Waals surface area contributed by atoms with Gasteiger partial charge in [0.2, 0.25) is 10.0 Å². The van der Waals surface area contributed by atoms with E-state index in [0.29, 0.717) is 23.9 Å². The van der Waals surface area contributed by atoms with E-state index in [2.05, 4.69) is 10.3 Å². The van der Waals surface area contributed by atoms with E-state index in [-0.39, 0.29) is 4.90 Å². The van der Waals surface area contributed by atoms with E-state index in [9.17, 15) is 8.42 Å². The monoisotopic (exact) mass is 277 g/mol. The smallest absolute Gasteiger partial charge is 0.244 e. The van der Waals surface area contributed by atoms with Crippen LogP contribution in [-0.2, 0) is 10.0 Å². The molecule has 0 radical (unpaired) electrons. The molecule has 7 heteroatoms. The molecule has 17 heavy (non-hydrogen) atoms. The number of rotatable bonds is 5. The Morgan fingerprint density at radius 2 is 2.12 bits per heavy atom. The van der Waals surface area contributed by atoms with Crippen LogP contribution in [0.4, 0.5) is 5.82 Å².